The minimum Gasteiger partial charge on any atom is -0.194 e. The maximum absolute atomic E-state index is 13.5. The van der Waals surface area contributed by atoms with Crippen LogP contribution < -0.4 is 0 Å². The summed E-state index contributed by atoms with van der Waals surface area (Å²) in [6.07, 6.45) is -4.81. The van der Waals surface area contributed by atoms with E-state index in [9.17, 15) is 39.5 Å². The van der Waals surface area contributed by atoms with E-state index in [1.807, 2.05) is 0 Å². The zero-order valence-corrected chi connectivity index (χ0v) is 11.0. The van der Waals surface area contributed by atoms with Gasteiger partial charge in [0, 0.05) is 5.56 Å². The van der Waals surface area contributed by atoms with Gasteiger partial charge >= 0.3 is 23.9 Å². The molecule has 125 valence electrons. The average Bonchev–Trinajstić information content (AvgIpc) is 2.38. The summed E-state index contributed by atoms with van der Waals surface area (Å²) in [6, 6.07) is 2.63. The molecule has 0 aliphatic heterocycles. The van der Waals surface area contributed by atoms with E-state index in [1.54, 1.807) is 6.92 Å². The molecule has 0 aliphatic carbocycles. The van der Waals surface area contributed by atoms with Crippen molar-refractivity contribution < 1.29 is 39.5 Å². The van der Waals surface area contributed by atoms with Gasteiger partial charge in [-0.1, -0.05) is 31.2 Å². The molecule has 0 N–H and O–H groups in total. The third-order valence-corrected chi connectivity index (χ3v) is 2.86. The predicted octanol–water partition coefficient (Wildman–Crippen LogP) is 5.57. The molecule has 0 heterocycles. The fraction of sp³-hybridized carbons (Fsp3) is 0.462. The summed E-state index contributed by atoms with van der Waals surface area (Å²) in [5, 5.41) is 0. The molecule has 0 spiro atoms. The standard InChI is InChI=1S/C13H10F9/c1-2-3-8-4-6-9(7-5-8)10(14,15)11(16,17)12(18,19)13(20,21)22/h3-7H,2H2,1H3. The van der Waals surface area contributed by atoms with E-state index >= 15 is 0 Å². The molecule has 0 unspecified atom stereocenters. The second-order valence-electron chi connectivity index (χ2n) is 4.46. The zero-order chi connectivity index (χ0) is 17.4. The van der Waals surface area contributed by atoms with Crippen molar-refractivity contribution in [2.24, 2.45) is 0 Å². The molecule has 9 heteroatoms. The third-order valence-electron chi connectivity index (χ3n) is 2.86. The summed E-state index contributed by atoms with van der Waals surface area (Å²) in [5.74, 6) is -19.2. The lowest BCUT2D eigenvalue weighted by Crippen LogP contribution is -2.59. The van der Waals surface area contributed by atoms with Gasteiger partial charge in [-0.15, -0.1) is 0 Å². The minimum atomic E-state index is -6.88. The second kappa shape index (κ2) is 5.66. The lowest BCUT2D eigenvalue weighted by molar-refractivity contribution is -0.399. The Morgan fingerprint density at radius 3 is 1.59 bits per heavy atom. The van der Waals surface area contributed by atoms with Crippen LogP contribution in [0.4, 0.5) is 39.5 Å². The van der Waals surface area contributed by atoms with Gasteiger partial charge in [0.05, 0.1) is 0 Å². The molecule has 0 aliphatic rings. The summed E-state index contributed by atoms with van der Waals surface area (Å²) in [7, 11) is 0. The third kappa shape index (κ3) is 2.89. The second-order valence-corrected chi connectivity index (χ2v) is 4.46. The maximum atomic E-state index is 13.5. The van der Waals surface area contributed by atoms with Crippen molar-refractivity contribution in [3.8, 4) is 0 Å². The Morgan fingerprint density at radius 1 is 0.773 bits per heavy atom. The van der Waals surface area contributed by atoms with Crippen LogP contribution in [0.2, 0.25) is 0 Å². The van der Waals surface area contributed by atoms with E-state index in [0.717, 1.165) is 12.1 Å². The first-order valence-corrected chi connectivity index (χ1v) is 5.93. The normalized spacial score (nSPS) is 14.3. The van der Waals surface area contributed by atoms with Crippen molar-refractivity contribution in [1.29, 1.82) is 0 Å². The lowest BCUT2D eigenvalue weighted by Gasteiger charge is -2.33. The van der Waals surface area contributed by atoms with Crippen molar-refractivity contribution >= 4 is 0 Å². The number of hydrogen-bond acceptors (Lipinski definition) is 0. The molecule has 0 atom stereocenters. The van der Waals surface area contributed by atoms with Gasteiger partial charge in [-0.3, -0.25) is 0 Å². The zero-order valence-electron chi connectivity index (χ0n) is 11.0. The van der Waals surface area contributed by atoms with Crippen LogP contribution >= 0.6 is 0 Å². The van der Waals surface area contributed by atoms with E-state index < -0.39 is 29.5 Å². The van der Waals surface area contributed by atoms with Crippen LogP contribution in [0.1, 0.15) is 24.5 Å². The van der Waals surface area contributed by atoms with Gasteiger partial charge in [-0.25, -0.2) is 0 Å². The van der Waals surface area contributed by atoms with Gasteiger partial charge in [-0.05, 0) is 18.4 Å². The Labute approximate surface area is 119 Å². The Kier molecular flexibility index (Phi) is 4.79. The Hall–Kier alpha value is -1.41. The summed E-state index contributed by atoms with van der Waals surface area (Å²) in [6.45, 7) is 1.69. The van der Waals surface area contributed by atoms with Crippen molar-refractivity contribution in [3.05, 3.63) is 41.8 Å². The molecule has 22 heavy (non-hydrogen) atoms. The lowest BCUT2D eigenvalue weighted by atomic mass is 9.95. The van der Waals surface area contributed by atoms with Crippen molar-refractivity contribution in [1.82, 2.24) is 0 Å². The van der Waals surface area contributed by atoms with E-state index in [-0.39, 0.29) is 0 Å². The first-order valence-electron chi connectivity index (χ1n) is 5.93. The van der Waals surface area contributed by atoms with Gasteiger partial charge in [0.15, 0.2) is 0 Å². The molecular formula is C13H10F9. The van der Waals surface area contributed by atoms with E-state index in [4.69, 9.17) is 0 Å². The quantitative estimate of drug-likeness (QED) is 0.616. The smallest absolute Gasteiger partial charge is 0.194 e. The van der Waals surface area contributed by atoms with E-state index in [2.05, 4.69) is 0 Å². The molecular weight excluding hydrogens is 327 g/mol. The molecule has 0 saturated heterocycles. The molecule has 0 saturated carbocycles. The highest BCUT2D eigenvalue weighted by Crippen LogP contribution is 2.56. The highest BCUT2D eigenvalue weighted by atomic mass is 19.4. The Morgan fingerprint density at radius 2 is 1.23 bits per heavy atom. The largest absolute Gasteiger partial charge is 0.460 e. The molecule has 0 fully saturated rings. The molecule has 0 aromatic heterocycles. The minimum absolute atomic E-state index is 0.341. The summed E-state index contributed by atoms with van der Waals surface area (Å²) in [5.41, 5.74) is -1.29. The van der Waals surface area contributed by atoms with Gasteiger partial charge in [0.2, 0.25) is 0 Å². The molecule has 0 nitrogen and oxygen atoms in total. The fourth-order valence-electron chi connectivity index (χ4n) is 1.62. The SMILES string of the molecule is CC[CH]c1ccc(C(F)(F)C(F)(F)C(F)(F)C(F)(F)F)cc1. The van der Waals surface area contributed by atoms with E-state index in [1.165, 1.54) is 6.42 Å². The van der Waals surface area contributed by atoms with Gasteiger partial charge < -0.3 is 0 Å². The van der Waals surface area contributed by atoms with Crippen LogP contribution in [0.25, 0.3) is 0 Å². The van der Waals surface area contributed by atoms with Crippen LogP contribution in [0.3, 0.4) is 0 Å². The number of hydrogen-bond donors (Lipinski definition) is 0. The Balaban J connectivity index is 3.26. The van der Waals surface area contributed by atoms with Crippen LogP contribution in [0.15, 0.2) is 24.3 Å². The Bertz CT molecular complexity index is 499. The molecule has 1 rings (SSSR count). The number of benzene rings is 1. The first kappa shape index (κ1) is 18.6. The van der Waals surface area contributed by atoms with Gasteiger partial charge in [-0.2, -0.15) is 39.5 Å². The first-order chi connectivity index (χ1) is 9.79. The maximum Gasteiger partial charge on any atom is 0.460 e. The van der Waals surface area contributed by atoms with E-state index in [0.29, 0.717) is 24.1 Å². The van der Waals surface area contributed by atoms with Crippen LogP contribution in [-0.4, -0.2) is 18.0 Å². The molecule has 1 aromatic carbocycles. The highest BCUT2D eigenvalue weighted by Gasteiger charge is 2.81. The number of rotatable bonds is 5. The highest BCUT2D eigenvalue weighted by molar-refractivity contribution is 5.31. The van der Waals surface area contributed by atoms with Gasteiger partial charge in [0.25, 0.3) is 0 Å². The monoisotopic (exact) mass is 337 g/mol. The molecule has 1 aromatic rings. The van der Waals surface area contributed by atoms with Gasteiger partial charge in [0.1, 0.15) is 0 Å². The summed E-state index contributed by atoms with van der Waals surface area (Å²) >= 11 is 0. The molecule has 0 bridgehead atoms. The van der Waals surface area contributed by atoms with Crippen LogP contribution in [0, 0.1) is 6.42 Å². The van der Waals surface area contributed by atoms with Crippen molar-refractivity contribution in [2.75, 3.05) is 0 Å². The summed E-state index contributed by atoms with van der Waals surface area (Å²) < 4.78 is 115. The molecule has 1 radical (unpaired) electrons. The average molecular weight is 337 g/mol. The van der Waals surface area contributed by atoms with Crippen LogP contribution in [-0.2, 0) is 5.92 Å². The fourth-order valence-corrected chi connectivity index (χ4v) is 1.62. The van der Waals surface area contributed by atoms with Crippen LogP contribution in [0.5, 0.6) is 0 Å². The topological polar surface area (TPSA) is 0 Å². The molecule has 0 amide bonds. The number of halogens is 9. The van der Waals surface area contributed by atoms with Crippen molar-refractivity contribution in [3.63, 3.8) is 0 Å². The number of alkyl halides is 9. The van der Waals surface area contributed by atoms with Crippen molar-refractivity contribution in [2.45, 2.75) is 37.3 Å². The summed E-state index contributed by atoms with van der Waals surface area (Å²) in [4.78, 5) is 0. The predicted molar refractivity (Wildman–Crippen MR) is 60.0 cm³/mol.